The van der Waals surface area contributed by atoms with E-state index in [1.165, 1.54) is 0 Å². The summed E-state index contributed by atoms with van der Waals surface area (Å²) in [7, 11) is 0. The minimum atomic E-state index is -0.491. The highest BCUT2D eigenvalue weighted by atomic mass is 16.6. The van der Waals surface area contributed by atoms with Gasteiger partial charge < -0.3 is 19.7 Å². The summed E-state index contributed by atoms with van der Waals surface area (Å²) < 4.78 is 11.3. The van der Waals surface area contributed by atoms with E-state index in [0.29, 0.717) is 25.2 Å². The van der Waals surface area contributed by atoms with Crippen molar-refractivity contribution < 1.29 is 19.1 Å². The van der Waals surface area contributed by atoms with E-state index < -0.39 is 5.60 Å². The third-order valence-corrected chi connectivity index (χ3v) is 3.86. The Kier molecular flexibility index (Phi) is 3.92. The number of fused-ring (bicyclic) bond motifs is 1. The molecule has 0 unspecified atom stereocenters. The Bertz CT molecular complexity index is 636. The van der Waals surface area contributed by atoms with Gasteiger partial charge in [0.2, 0.25) is 0 Å². The van der Waals surface area contributed by atoms with Crippen molar-refractivity contribution in [2.45, 2.75) is 45.4 Å². The molecule has 0 aliphatic carbocycles. The standard InChI is InChI=1S/C17H22N2O4/c1-17(2,3)23-16(21)19-7-6-13(10-19)22-12-4-5-14-11(8-12)9-18-15(14)20/h4-5,8,13H,6-7,9-10H2,1-3H3,(H,18,20)/t13-/m0/s1. The van der Waals surface area contributed by atoms with E-state index in [-0.39, 0.29) is 18.1 Å². The molecule has 124 valence electrons. The van der Waals surface area contributed by atoms with Crippen molar-refractivity contribution in [2.24, 2.45) is 0 Å². The normalized spacial score (nSPS) is 20.2. The Morgan fingerprint density at radius 1 is 1.35 bits per heavy atom. The second-order valence-corrected chi connectivity index (χ2v) is 6.96. The molecule has 1 atom stereocenters. The zero-order valence-electron chi connectivity index (χ0n) is 13.7. The van der Waals surface area contributed by atoms with Crippen molar-refractivity contribution in [1.29, 1.82) is 0 Å². The molecule has 1 N–H and O–H groups in total. The van der Waals surface area contributed by atoms with Gasteiger partial charge in [0.15, 0.2) is 0 Å². The predicted octanol–water partition coefficient (Wildman–Crippen LogP) is 2.32. The lowest BCUT2D eigenvalue weighted by molar-refractivity contribution is 0.0275. The molecule has 0 bridgehead atoms. The van der Waals surface area contributed by atoms with Crippen molar-refractivity contribution in [3.8, 4) is 5.75 Å². The van der Waals surface area contributed by atoms with Crippen LogP contribution in [0.3, 0.4) is 0 Å². The molecule has 0 spiro atoms. The molecule has 1 aromatic rings. The molecule has 6 nitrogen and oxygen atoms in total. The van der Waals surface area contributed by atoms with Gasteiger partial charge in [0, 0.05) is 25.1 Å². The summed E-state index contributed by atoms with van der Waals surface area (Å²) >= 11 is 0. The van der Waals surface area contributed by atoms with Gasteiger partial charge in [-0.1, -0.05) is 0 Å². The van der Waals surface area contributed by atoms with Crippen LogP contribution in [0.5, 0.6) is 5.75 Å². The van der Waals surface area contributed by atoms with Crippen molar-refractivity contribution >= 4 is 12.0 Å². The van der Waals surface area contributed by atoms with Crippen LogP contribution in [0, 0.1) is 0 Å². The first-order valence-corrected chi connectivity index (χ1v) is 7.87. The predicted molar refractivity (Wildman–Crippen MR) is 84.5 cm³/mol. The second kappa shape index (κ2) is 5.76. The number of amides is 2. The van der Waals surface area contributed by atoms with Gasteiger partial charge in [-0.25, -0.2) is 4.79 Å². The number of ether oxygens (including phenoxy) is 2. The van der Waals surface area contributed by atoms with Crippen LogP contribution in [0.2, 0.25) is 0 Å². The van der Waals surface area contributed by atoms with Crippen LogP contribution >= 0.6 is 0 Å². The first-order chi connectivity index (χ1) is 10.8. The lowest BCUT2D eigenvalue weighted by Gasteiger charge is -2.24. The molecule has 0 aromatic heterocycles. The van der Waals surface area contributed by atoms with Gasteiger partial charge in [-0.3, -0.25) is 4.79 Å². The molecule has 0 radical (unpaired) electrons. The summed E-state index contributed by atoms with van der Waals surface area (Å²) in [5.41, 5.74) is 1.17. The summed E-state index contributed by atoms with van der Waals surface area (Å²) in [4.78, 5) is 25.3. The molecule has 2 aliphatic rings. The van der Waals surface area contributed by atoms with Crippen molar-refractivity contribution in [2.75, 3.05) is 13.1 Å². The van der Waals surface area contributed by atoms with E-state index >= 15 is 0 Å². The fraction of sp³-hybridized carbons (Fsp3) is 0.529. The van der Waals surface area contributed by atoms with Crippen LogP contribution in [0.1, 0.15) is 43.1 Å². The van der Waals surface area contributed by atoms with Crippen molar-refractivity contribution in [1.82, 2.24) is 10.2 Å². The molecular formula is C17H22N2O4. The summed E-state index contributed by atoms with van der Waals surface area (Å²) in [5, 5.41) is 2.79. The van der Waals surface area contributed by atoms with Crippen LogP contribution in [0.15, 0.2) is 18.2 Å². The fourth-order valence-electron chi connectivity index (χ4n) is 2.79. The molecular weight excluding hydrogens is 296 g/mol. The van der Waals surface area contributed by atoms with Crippen LogP contribution in [-0.4, -0.2) is 41.7 Å². The molecule has 0 saturated carbocycles. The van der Waals surface area contributed by atoms with Crippen molar-refractivity contribution in [3.63, 3.8) is 0 Å². The molecule has 2 amide bonds. The zero-order valence-corrected chi connectivity index (χ0v) is 13.7. The quantitative estimate of drug-likeness (QED) is 0.908. The van der Waals surface area contributed by atoms with Gasteiger partial charge in [-0.15, -0.1) is 0 Å². The first kappa shape index (κ1) is 15.6. The maximum Gasteiger partial charge on any atom is 0.410 e. The van der Waals surface area contributed by atoms with Crippen LogP contribution in [0.25, 0.3) is 0 Å². The van der Waals surface area contributed by atoms with Gasteiger partial charge in [-0.05, 0) is 44.5 Å². The molecule has 1 aromatic carbocycles. The Morgan fingerprint density at radius 3 is 2.87 bits per heavy atom. The fourth-order valence-corrected chi connectivity index (χ4v) is 2.79. The molecule has 2 aliphatic heterocycles. The summed E-state index contributed by atoms with van der Waals surface area (Å²) in [6.07, 6.45) is 0.422. The van der Waals surface area contributed by atoms with Crippen LogP contribution in [-0.2, 0) is 11.3 Å². The molecule has 2 heterocycles. The topological polar surface area (TPSA) is 67.9 Å². The minimum Gasteiger partial charge on any atom is -0.489 e. The van der Waals surface area contributed by atoms with Gasteiger partial charge >= 0.3 is 6.09 Å². The number of nitrogens with zero attached hydrogens (tertiary/aromatic N) is 1. The summed E-state index contributed by atoms with van der Waals surface area (Å²) in [6, 6.07) is 5.48. The summed E-state index contributed by atoms with van der Waals surface area (Å²) in [5.74, 6) is 0.694. The number of nitrogens with one attached hydrogen (secondary N) is 1. The molecule has 6 heteroatoms. The number of benzene rings is 1. The third kappa shape index (κ3) is 3.57. The highest BCUT2D eigenvalue weighted by molar-refractivity contribution is 5.98. The van der Waals surface area contributed by atoms with Gasteiger partial charge in [-0.2, -0.15) is 0 Å². The smallest absolute Gasteiger partial charge is 0.410 e. The van der Waals surface area contributed by atoms with E-state index in [0.717, 1.165) is 17.7 Å². The maximum atomic E-state index is 12.1. The minimum absolute atomic E-state index is 0.0384. The molecule has 3 rings (SSSR count). The lowest BCUT2D eigenvalue weighted by atomic mass is 10.1. The van der Waals surface area contributed by atoms with Gasteiger partial charge in [0.1, 0.15) is 17.5 Å². The highest BCUT2D eigenvalue weighted by Gasteiger charge is 2.31. The van der Waals surface area contributed by atoms with Gasteiger partial charge in [0.05, 0.1) is 6.54 Å². The molecule has 1 fully saturated rings. The van der Waals surface area contributed by atoms with E-state index in [1.54, 1.807) is 17.0 Å². The average Bonchev–Trinajstić information content (AvgIpc) is 3.05. The van der Waals surface area contributed by atoms with E-state index in [9.17, 15) is 9.59 Å². The number of hydrogen-bond donors (Lipinski definition) is 1. The Balaban J connectivity index is 1.58. The first-order valence-electron chi connectivity index (χ1n) is 7.87. The van der Waals surface area contributed by atoms with Crippen molar-refractivity contribution in [3.05, 3.63) is 29.3 Å². The number of rotatable bonds is 2. The Labute approximate surface area is 135 Å². The van der Waals surface area contributed by atoms with E-state index in [2.05, 4.69) is 5.32 Å². The van der Waals surface area contributed by atoms with E-state index in [4.69, 9.17) is 9.47 Å². The number of carbonyl (C=O) groups excluding carboxylic acids is 2. The Hall–Kier alpha value is -2.24. The third-order valence-electron chi connectivity index (χ3n) is 3.86. The molecule has 23 heavy (non-hydrogen) atoms. The van der Waals surface area contributed by atoms with Gasteiger partial charge in [0.25, 0.3) is 5.91 Å². The average molecular weight is 318 g/mol. The largest absolute Gasteiger partial charge is 0.489 e. The van der Waals surface area contributed by atoms with Crippen LogP contribution < -0.4 is 10.1 Å². The van der Waals surface area contributed by atoms with Crippen LogP contribution in [0.4, 0.5) is 4.79 Å². The number of likely N-dealkylation sites (tertiary alicyclic amines) is 1. The number of carbonyl (C=O) groups is 2. The second-order valence-electron chi connectivity index (χ2n) is 6.96. The zero-order chi connectivity index (χ0) is 16.6. The number of hydrogen-bond acceptors (Lipinski definition) is 4. The summed E-state index contributed by atoms with van der Waals surface area (Å²) in [6.45, 7) is 7.26. The molecule has 1 saturated heterocycles. The maximum absolute atomic E-state index is 12.1. The Morgan fingerprint density at radius 2 is 2.13 bits per heavy atom. The highest BCUT2D eigenvalue weighted by Crippen LogP contribution is 2.25. The van der Waals surface area contributed by atoms with E-state index in [1.807, 2.05) is 26.8 Å². The lowest BCUT2D eigenvalue weighted by Crippen LogP contribution is -2.36. The monoisotopic (exact) mass is 318 g/mol. The SMILES string of the molecule is CC(C)(C)OC(=O)N1CC[C@H](Oc2ccc3c(c2)CNC3=O)C1.